The molecule has 0 aliphatic carbocycles. The first kappa shape index (κ1) is 15.1. The Bertz CT molecular complexity index is 386. The van der Waals surface area contributed by atoms with Crippen LogP contribution in [0.4, 0.5) is 0 Å². The van der Waals surface area contributed by atoms with Crippen molar-refractivity contribution in [2.24, 2.45) is 0 Å². The molecule has 0 N–H and O–H groups in total. The molecular weight excluding hydrogens is 248 g/mol. The molecule has 18 heavy (non-hydrogen) atoms. The molecule has 0 spiro atoms. The Hall–Kier alpha value is -0.940. The van der Waals surface area contributed by atoms with Gasteiger partial charge < -0.3 is 9.64 Å². The average Bonchev–Trinajstić information content (AvgIpc) is 2.72. The number of esters is 1. The maximum atomic E-state index is 11.6. The summed E-state index contributed by atoms with van der Waals surface area (Å²) in [5.74, 6) is -0.305. The molecule has 0 amide bonds. The van der Waals surface area contributed by atoms with Gasteiger partial charge >= 0.3 is 5.97 Å². The minimum absolute atomic E-state index is 0.305. The fraction of sp³-hybridized carbons (Fsp3) is 0.692. The zero-order chi connectivity index (χ0) is 13.5. The predicted molar refractivity (Wildman–Crippen MR) is 74.3 cm³/mol. The number of hydrogen-bond acceptors (Lipinski definition) is 5. The van der Waals surface area contributed by atoms with Gasteiger partial charge in [-0.3, -0.25) is 0 Å². The predicted octanol–water partition coefficient (Wildman–Crippen LogP) is 2.51. The highest BCUT2D eigenvalue weighted by Gasteiger charge is 2.16. The van der Waals surface area contributed by atoms with Crippen molar-refractivity contribution >= 4 is 17.3 Å². The summed E-state index contributed by atoms with van der Waals surface area (Å²) in [6, 6.07) is 0. The largest absolute Gasteiger partial charge is 0.461 e. The van der Waals surface area contributed by atoms with Gasteiger partial charge in [-0.05, 0) is 26.9 Å². The molecule has 0 unspecified atom stereocenters. The Morgan fingerprint density at radius 3 is 2.56 bits per heavy atom. The van der Waals surface area contributed by atoms with E-state index in [1.807, 2.05) is 6.92 Å². The number of ether oxygens (including phenoxy) is 1. The number of hydrogen-bond donors (Lipinski definition) is 0. The van der Waals surface area contributed by atoms with Crippen molar-refractivity contribution in [3.05, 3.63) is 15.6 Å². The molecule has 102 valence electrons. The minimum atomic E-state index is -0.305. The van der Waals surface area contributed by atoms with E-state index < -0.39 is 0 Å². The van der Waals surface area contributed by atoms with Gasteiger partial charge in [-0.2, -0.15) is 0 Å². The van der Waals surface area contributed by atoms with E-state index in [1.54, 1.807) is 18.3 Å². The van der Waals surface area contributed by atoms with Crippen molar-refractivity contribution in [1.29, 1.82) is 0 Å². The van der Waals surface area contributed by atoms with Crippen LogP contribution in [0.25, 0.3) is 0 Å². The molecule has 0 aromatic carbocycles. The zero-order valence-electron chi connectivity index (χ0n) is 11.7. The van der Waals surface area contributed by atoms with Crippen LogP contribution in [0, 0.1) is 6.92 Å². The van der Waals surface area contributed by atoms with E-state index in [1.165, 1.54) is 0 Å². The van der Waals surface area contributed by atoms with Gasteiger partial charge in [-0.1, -0.05) is 13.8 Å². The summed E-state index contributed by atoms with van der Waals surface area (Å²) >= 11 is 1.59. The lowest BCUT2D eigenvalue weighted by atomic mass is 10.3. The smallest absolute Gasteiger partial charge is 0.358 e. The maximum absolute atomic E-state index is 11.6. The van der Waals surface area contributed by atoms with Crippen LogP contribution in [0.5, 0.6) is 0 Å². The fourth-order valence-corrected chi connectivity index (χ4v) is 2.65. The molecule has 1 heterocycles. The molecule has 0 saturated carbocycles. The summed E-state index contributed by atoms with van der Waals surface area (Å²) in [5.41, 5.74) is 0.483. The SMILES string of the molecule is CCOC(=O)c1nc(CCN(CC)CC)sc1C. The van der Waals surface area contributed by atoms with E-state index in [0.717, 1.165) is 35.9 Å². The van der Waals surface area contributed by atoms with Gasteiger partial charge in [0.15, 0.2) is 5.69 Å². The van der Waals surface area contributed by atoms with E-state index in [-0.39, 0.29) is 5.97 Å². The number of carbonyl (C=O) groups excluding carboxylic acids is 1. The number of rotatable bonds is 7. The maximum Gasteiger partial charge on any atom is 0.358 e. The van der Waals surface area contributed by atoms with Crippen LogP contribution < -0.4 is 0 Å². The normalized spacial score (nSPS) is 10.9. The van der Waals surface area contributed by atoms with Crippen molar-refractivity contribution in [2.45, 2.75) is 34.1 Å². The number of nitrogens with zero attached hydrogens (tertiary/aromatic N) is 2. The van der Waals surface area contributed by atoms with E-state index in [2.05, 4.69) is 23.7 Å². The summed E-state index contributed by atoms with van der Waals surface area (Å²) in [6.45, 7) is 11.5. The summed E-state index contributed by atoms with van der Waals surface area (Å²) < 4.78 is 4.98. The van der Waals surface area contributed by atoms with Crippen LogP contribution in [0.3, 0.4) is 0 Å². The Kier molecular flexibility index (Phi) is 6.29. The molecule has 0 radical (unpaired) electrons. The molecular formula is C13H22N2O2S. The highest BCUT2D eigenvalue weighted by molar-refractivity contribution is 7.11. The fourth-order valence-electron chi connectivity index (χ4n) is 1.74. The first-order valence-corrected chi connectivity index (χ1v) is 7.29. The van der Waals surface area contributed by atoms with Crippen LogP contribution in [-0.2, 0) is 11.2 Å². The van der Waals surface area contributed by atoms with Gasteiger partial charge in [-0.25, -0.2) is 9.78 Å². The zero-order valence-corrected chi connectivity index (χ0v) is 12.5. The third-order valence-corrected chi connectivity index (χ3v) is 3.88. The Morgan fingerprint density at radius 2 is 2.00 bits per heavy atom. The molecule has 1 aromatic rings. The van der Waals surface area contributed by atoms with Crippen LogP contribution in [0.2, 0.25) is 0 Å². The number of aryl methyl sites for hydroxylation is 1. The first-order chi connectivity index (χ1) is 8.62. The quantitative estimate of drug-likeness (QED) is 0.714. The van der Waals surface area contributed by atoms with Crippen molar-refractivity contribution < 1.29 is 9.53 Å². The molecule has 1 rings (SSSR count). The second kappa shape index (κ2) is 7.48. The van der Waals surface area contributed by atoms with Crippen LogP contribution in [-0.4, -0.2) is 42.1 Å². The average molecular weight is 270 g/mol. The lowest BCUT2D eigenvalue weighted by molar-refractivity contribution is 0.0519. The Morgan fingerprint density at radius 1 is 1.33 bits per heavy atom. The van der Waals surface area contributed by atoms with Gasteiger partial charge in [0.25, 0.3) is 0 Å². The second-order valence-corrected chi connectivity index (χ2v) is 5.30. The highest BCUT2D eigenvalue weighted by Crippen LogP contribution is 2.19. The highest BCUT2D eigenvalue weighted by atomic mass is 32.1. The monoisotopic (exact) mass is 270 g/mol. The minimum Gasteiger partial charge on any atom is -0.461 e. The molecule has 5 heteroatoms. The number of thiazole rings is 1. The van der Waals surface area contributed by atoms with Crippen LogP contribution in [0.1, 0.15) is 41.1 Å². The molecule has 0 aliphatic rings. The summed E-state index contributed by atoms with van der Waals surface area (Å²) in [4.78, 5) is 19.3. The molecule has 1 aromatic heterocycles. The molecule has 0 bridgehead atoms. The molecule has 4 nitrogen and oxygen atoms in total. The first-order valence-electron chi connectivity index (χ1n) is 6.48. The van der Waals surface area contributed by atoms with Crippen molar-refractivity contribution in [3.63, 3.8) is 0 Å². The number of likely N-dealkylation sites (N-methyl/N-ethyl adjacent to an activating group) is 1. The van der Waals surface area contributed by atoms with Crippen molar-refractivity contribution in [3.8, 4) is 0 Å². The summed E-state index contributed by atoms with van der Waals surface area (Å²) in [7, 11) is 0. The van der Waals surface area contributed by atoms with Gasteiger partial charge in [0.2, 0.25) is 0 Å². The van der Waals surface area contributed by atoms with Gasteiger partial charge in [0, 0.05) is 17.8 Å². The summed E-state index contributed by atoms with van der Waals surface area (Å²) in [5, 5.41) is 1.02. The second-order valence-electron chi connectivity index (χ2n) is 4.01. The third kappa shape index (κ3) is 4.07. The topological polar surface area (TPSA) is 42.4 Å². The van der Waals surface area contributed by atoms with Crippen molar-refractivity contribution in [1.82, 2.24) is 9.88 Å². The lowest BCUT2D eigenvalue weighted by Gasteiger charge is -2.16. The van der Waals surface area contributed by atoms with Gasteiger partial charge in [0.05, 0.1) is 11.6 Å². The standard InChI is InChI=1S/C13H22N2O2S/c1-5-15(6-2)9-8-11-14-12(10(4)18-11)13(16)17-7-3/h5-9H2,1-4H3. The summed E-state index contributed by atoms with van der Waals surface area (Å²) in [6.07, 6.45) is 0.895. The van der Waals surface area contributed by atoms with E-state index in [0.29, 0.717) is 12.3 Å². The molecule has 0 saturated heterocycles. The number of carbonyl (C=O) groups is 1. The molecule has 0 fully saturated rings. The third-order valence-electron chi connectivity index (χ3n) is 2.85. The number of aromatic nitrogens is 1. The van der Waals surface area contributed by atoms with E-state index in [4.69, 9.17) is 4.74 Å². The molecule has 0 atom stereocenters. The van der Waals surface area contributed by atoms with Crippen LogP contribution >= 0.6 is 11.3 Å². The van der Waals surface area contributed by atoms with E-state index >= 15 is 0 Å². The Labute approximate surface area is 113 Å². The van der Waals surface area contributed by atoms with Gasteiger partial charge in [-0.15, -0.1) is 11.3 Å². The lowest BCUT2D eigenvalue weighted by Crippen LogP contribution is -2.25. The van der Waals surface area contributed by atoms with Crippen molar-refractivity contribution in [2.75, 3.05) is 26.2 Å². The molecule has 0 aliphatic heterocycles. The Balaban J connectivity index is 2.63. The van der Waals surface area contributed by atoms with E-state index in [9.17, 15) is 4.79 Å². The van der Waals surface area contributed by atoms with Gasteiger partial charge in [0.1, 0.15) is 0 Å². The van der Waals surface area contributed by atoms with Crippen LogP contribution in [0.15, 0.2) is 0 Å².